The van der Waals surface area contributed by atoms with Crippen molar-refractivity contribution in [1.82, 2.24) is 25.8 Å². The van der Waals surface area contributed by atoms with Gasteiger partial charge in [0.1, 0.15) is 5.75 Å². The van der Waals surface area contributed by atoms with Gasteiger partial charge < -0.3 is 4.74 Å². The zero-order valence-electron chi connectivity index (χ0n) is 16.4. The number of methoxy groups -OCH3 is 1. The number of amides is 2. The SMILES string of the molecule is CCCCc1cn(-c2ccc(C(=O)NNC(=O)c3ccc(OC)cc3)cc2)nn1. The van der Waals surface area contributed by atoms with Crippen LogP contribution in [0.1, 0.15) is 46.2 Å². The third-order valence-electron chi connectivity index (χ3n) is 4.36. The second-order valence-electron chi connectivity index (χ2n) is 6.44. The average Bonchev–Trinajstić information content (AvgIpc) is 3.25. The van der Waals surface area contributed by atoms with Gasteiger partial charge in [0.2, 0.25) is 0 Å². The number of aromatic nitrogens is 3. The molecular formula is C21H23N5O3. The van der Waals surface area contributed by atoms with Crippen molar-refractivity contribution in [3.05, 3.63) is 71.5 Å². The highest BCUT2D eigenvalue weighted by Crippen LogP contribution is 2.12. The van der Waals surface area contributed by atoms with Gasteiger partial charge in [0, 0.05) is 11.1 Å². The van der Waals surface area contributed by atoms with Crippen molar-refractivity contribution in [2.24, 2.45) is 0 Å². The number of nitrogens with one attached hydrogen (secondary N) is 2. The van der Waals surface area contributed by atoms with Gasteiger partial charge in [-0.15, -0.1) is 5.10 Å². The summed E-state index contributed by atoms with van der Waals surface area (Å²) in [6.07, 6.45) is 4.95. The topological polar surface area (TPSA) is 98.1 Å². The molecule has 2 N–H and O–H groups in total. The number of hydrogen-bond acceptors (Lipinski definition) is 5. The molecule has 3 rings (SSSR count). The van der Waals surface area contributed by atoms with Gasteiger partial charge >= 0.3 is 0 Å². The van der Waals surface area contributed by atoms with E-state index in [9.17, 15) is 9.59 Å². The number of ether oxygens (including phenoxy) is 1. The van der Waals surface area contributed by atoms with Crippen LogP contribution in [0.25, 0.3) is 5.69 Å². The number of nitrogens with zero attached hydrogens (tertiary/aromatic N) is 3. The van der Waals surface area contributed by atoms with E-state index in [4.69, 9.17) is 4.74 Å². The molecular weight excluding hydrogens is 370 g/mol. The first-order chi connectivity index (χ1) is 14.1. The standard InChI is InChI=1S/C21H23N5O3/c1-3-4-5-17-14-26(25-22-17)18-10-6-15(7-11-18)20(27)23-24-21(28)16-8-12-19(29-2)13-9-16/h6-14H,3-5H2,1-2H3,(H,23,27)(H,24,28). The van der Waals surface area contributed by atoms with Crippen LogP contribution < -0.4 is 15.6 Å². The lowest BCUT2D eigenvalue weighted by Crippen LogP contribution is -2.41. The predicted molar refractivity (Wildman–Crippen MR) is 108 cm³/mol. The Kier molecular flexibility index (Phi) is 6.57. The van der Waals surface area contributed by atoms with Gasteiger partial charge in [-0.25, -0.2) is 4.68 Å². The van der Waals surface area contributed by atoms with Crippen LogP contribution in [-0.4, -0.2) is 33.9 Å². The van der Waals surface area contributed by atoms with E-state index in [1.165, 1.54) is 0 Å². The van der Waals surface area contributed by atoms with Crippen molar-refractivity contribution in [3.8, 4) is 11.4 Å². The molecule has 0 aliphatic heterocycles. The lowest BCUT2D eigenvalue weighted by atomic mass is 10.2. The van der Waals surface area contributed by atoms with Crippen LogP contribution in [0, 0.1) is 0 Å². The molecule has 0 aliphatic carbocycles. The molecule has 1 heterocycles. The van der Waals surface area contributed by atoms with Crippen LogP contribution in [0.2, 0.25) is 0 Å². The average molecular weight is 393 g/mol. The molecule has 1 aromatic heterocycles. The van der Waals surface area contributed by atoms with E-state index in [2.05, 4.69) is 28.1 Å². The minimum Gasteiger partial charge on any atom is -0.497 e. The number of benzene rings is 2. The molecule has 3 aromatic rings. The smallest absolute Gasteiger partial charge is 0.269 e. The van der Waals surface area contributed by atoms with Crippen molar-refractivity contribution in [3.63, 3.8) is 0 Å². The van der Waals surface area contributed by atoms with Gasteiger partial charge in [0.25, 0.3) is 11.8 Å². The van der Waals surface area contributed by atoms with E-state index in [0.717, 1.165) is 30.6 Å². The van der Waals surface area contributed by atoms with Crippen molar-refractivity contribution < 1.29 is 14.3 Å². The monoisotopic (exact) mass is 393 g/mol. The Balaban J connectivity index is 1.57. The Bertz CT molecular complexity index is 965. The van der Waals surface area contributed by atoms with Crippen LogP contribution >= 0.6 is 0 Å². The lowest BCUT2D eigenvalue weighted by Gasteiger charge is -2.08. The Morgan fingerprint density at radius 2 is 1.55 bits per heavy atom. The number of carbonyl (C=O) groups excluding carboxylic acids is 2. The van der Waals surface area contributed by atoms with E-state index in [-0.39, 0.29) is 0 Å². The molecule has 0 aliphatic rings. The molecule has 0 saturated carbocycles. The summed E-state index contributed by atoms with van der Waals surface area (Å²) in [5, 5.41) is 8.27. The van der Waals surface area contributed by atoms with Crippen molar-refractivity contribution in [2.45, 2.75) is 26.2 Å². The molecule has 0 atom stereocenters. The summed E-state index contributed by atoms with van der Waals surface area (Å²) >= 11 is 0. The Morgan fingerprint density at radius 3 is 2.10 bits per heavy atom. The van der Waals surface area contributed by atoms with Crippen LogP contribution in [0.15, 0.2) is 54.7 Å². The molecule has 0 radical (unpaired) electrons. The molecule has 2 amide bonds. The lowest BCUT2D eigenvalue weighted by molar-refractivity contribution is 0.0846. The largest absolute Gasteiger partial charge is 0.497 e. The maximum atomic E-state index is 12.3. The molecule has 0 bridgehead atoms. The molecule has 0 fully saturated rings. The molecule has 0 unspecified atom stereocenters. The van der Waals surface area contributed by atoms with Crippen molar-refractivity contribution in [2.75, 3.05) is 7.11 Å². The molecule has 8 nitrogen and oxygen atoms in total. The zero-order chi connectivity index (χ0) is 20.6. The third kappa shape index (κ3) is 5.19. The maximum absolute atomic E-state index is 12.3. The third-order valence-corrected chi connectivity index (χ3v) is 4.36. The quantitative estimate of drug-likeness (QED) is 0.602. The van der Waals surface area contributed by atoms with Gasteiger partial charge in [-0.05, 0) is 61.4 Å². The first-order valence-electron chi connectivity index (χ1n) is 9.37. The zero-order valence-corrected chi connectivity index (χ0v) is 16.4. The van der Waals surface area contributed by atoms with E-state index < -0.39 is 11.8 Å². The number of carbonyl (C=O) groups is 2. The van der Waals surface area contributed by atoms with Crippen molar-refractivity contribution >= 4 is 11.8 Å². The number of unbranched alkanes of at least 4 members (excludes halogenated alkanes) is 1. The maximum Gasteiger partial charge on any atom is 0.269 e. The van der Waals surface area contributed by atoms with E-state index in [1.807, 2.05) is 6.20 Å². The summed E-state index contributed by atoms with van der Waals surface area (Å²) in [7, 11) is 1.55. The van der Waals surface area contributed by atoms with Crippen LogP contribution in [-0.2, 0) is 6.42 Å². The highest BCUT2D eigenvalue weighted by Gasteiger charge is 2.10. The molecule has 2 aromatic carbocycles. The van der Waals surface area contributed by atoms with Gasteiger partial charge in [-0.1, -0.05) is 18.6 Å². The first-order valence-corrected chi connectivity index (χ1v) is 9.37. The highest BCUT2D eigenvalue weighted by molar-refractivity contribution is 5.99. The highest BCUT2D eigenvalue weighted by atomic mass is 16.5. The second-order valence-corrected chi connectivity index (χ2v) is 6.44. The minimum absolute atomic E-state index is 0.409. The normalized spacial score (nSPS) is 10.4. The second kappa shape index (κ2) is 9.50. The number of aryl methyl sites for hydroxylation is 1. The fraction of sp³-hybridized carbons (Fsp3) is 0.238. The van der Waals surface area contributed by atoms with Gasteiger partial charge in [-0.2, -0.15) is 0 Å². The summed E-state index contributed by atoms with van der Waals surface area (Å²) < 4.78 is 6.73. The predicted octanol–water partition coefficient (Wildman–Crippen LogP) is 2.69. The molecule has 150 valence electrons. The van der Waals surface area contributed by atoms with E-state index in [1.54, 1.807) is 60.3 Å². The molecule has 29 heavy (non-hydrogen) atoms. The number of rotatable bonds is 7. The summed E-state index contributed by atoms with van der Waals surface area (Å²) in [5.74, 6) is -0.184. The van der Waals surface area contributed by atoms with Gasteiger partial charge in [-0.3, -0.25) is 20.4 Å². The van der Waals surface area contributed by atoms with E-state index >= 15 is 0 Å². The minimum atomic E-state index is -0.417. The van der Waals surface area contributed by atoms with Crippen LogP contribution in [0.3, 0.4) is 0 Å². The van der Waals surface area contributed by atoms with Gasteiger partial charge in [0.15, 0.2) is 0 Å². The summed E-state index contributed by atoms with van der Waals surface area (Å²) in [4.78, 5) is 24.4. The number of hydrazine groups is 1. The fourth-order valence-corrected chi connectivity index (χ4v) is 2.66. The number of hydrogen-bond donors (Lipinski definition) is 2. The fourth-order valence-electron chi connectivity index (χ4n) is 2.66. The van der Waals surface area contributed by atoms with Crippen LogP contribution in [0.5, 0.6) is 5.75 Å². The summed E-state index contributed by atoms with van der Waals surface area (Å²) in [6.45, 7) is 2.13. The summed E-state index contributed by atoms with van der Waals surface area (Å²) in [5.41, 5.74) is 7.37. The molecule has 0 saturated heterocycles. The first kappa shape index (κ1) is 20.1. The van der Waals surface area contributed by atoms with Crippen LogP contribution in [0.4, 0.5) is 0 Å². The van der Waals surface area contributed by atoms with E-state index in [0.29, 0.717) is 16.9 Å². The molecule has 0 spiro atoms. The Labute approximate surface area is 168 Å². The molecule has 8 heteroatoms. The summed E-state index contributed by atoms with van der Waals surface area (Å²) in [6, 6.07) is 13.5. The Hall–Kier alpha value is -3.68. The Morgan fingerprint density at radius 1 is 0.966 bits per heavy atom. The van der Waals surface area contributed by atoms with Gasteiger partial charge in [0.05, 0.1) is 24.7 Å². The van der Waals surface area contributed by atoms with Crippen molar-refractivity contribution in [1.29, 1.82) is 0 Å².